The second-order valence-corrected chi connectivity index (χ2v) is 4.27. The van der Waals surface area contributed by atoms with Gasteiger partial charge in [-0.15, -0.1) is 0 Å². The number of aromatic amines is 1. The van der Waals surface area contributed by atoms with Gasteiger partial charge in [0, 0.05) is 17.1 Å². The molecule has 0 bridgehead atoms. The minimum atomic E-state index is -0.300. The van der Waals surface area contributed by atoms with Crippen LogP contribution in [0.15, 0.2) is 30.5 Å². The standard InChI is InChI=1S/C14H12ClN3O/c1-2-3-13(19)16-8-11-9-17-18-14(11)10-4-6-12(15)7-5-10/h4-7,9H,8H2,1H3,(H,16,19)(H,17,18). The molecular weight excluding hydrogens is 262 g/mol. The summed E-state index contributed by atoms with van der Waals surface area (Å²) in [6, 6.07) is 7.41. The van der Waals surface area contributed by atoms with Gasteiger partial charge in [-0.05, 0) is 30.5 Å². The van der Waals surface area contributed by atoms with E-state index in [0.717, 1.165) is 16.8 Å². The summed E-state index contributed by atoms with van der Waals surface area (Å²) < 4.78 is 0. The van der Waals surface area contributed by atoms with Crippen LogP contribution >= 0.6 is 11.6 Å². The van der Waals surface area contributed by atoms with Gasteiger partial charge in [0.1, 0.15) is 0 Å². The van der Waals surface area contributed by atoms with Gasteiger partial charge in [-0.1, -0.05) is 29.7 Å². The van der Waals surface area contributed by atoms with E-state index in [1.165, 1.54) is 0 Å². The van der Waals surface area contributed by atoms with Crippen LogP contribution in [0.25, 0.3) is 11.3 Å². The van der Waals surface area contributed by atoms with Gasteiger partial charge in [-0.25, -0.2) is 0 Å². The number of carbonyl (C=O) groups excluding carboxylic acids is 1. The Bertz CT molecular complexity index is 635. The van der Waals surface area contributed by atoms with Crippen molar-refractivity contribution in [3.8, 4) is 23.1 Å². The first-order valence-electron chi connectivity index (χ1n) is 5.69. The lowest BCUT2D eigenvalue weighted by molar-refractivity contribution is -0.115. The number of nitrogens with one attached hydrogen (secondary N) is 2. The molecule has 5 heteroatoms. The zero-order valence-electron chi connectivity index (χ0n) is 10.3. The van der Waals surface area contributed by atoms with E-state index < -0.39 is 0 Å². The number of hydrogen-bond donors (Lipinski definition) is 2. The maximum absolute atomic E-state index is 11.3. The molecule has 0 radical (unpaired) electrons. The number of benzene rings is 1. The molecule has 2 N–H and O–H groups in total. The van der Waals surface area contributed by atoms with Crippen LogP contribution in [0.2, 0.25) is 5.02 Å². The van der Waals surface area contributed by atoms with Crippen molar-refractivity contribution in [2.24, 2.45) is 0 Å². The van der Waals surface area contributed by atoms with Crippen molar-refractivity contribution >= 4 is 17.5 Å². The van der Waals surface area contributed by atoms with E-state index in [2.05, 4.69) is 27.4 Å². The minimum absolute atomic E-state index is 0.300. The summed E-state index contributed by atoms with van der Waals surface area (Å²) in [7, 11) is 0. The van der Waals surface area contributed by atoms with Crippen molar-refractivity contribution < 1.29 is 4.79 Å². The fraction of sp³-hybridized carbons (Fsp3) is 0.143. The number of nitrogens with zero attached hydrogens (tertiary/aromatic N) is 1. The Hall–Kier alpha value is -2.25. The molecule has 0 aliphatic heterocycles. The molecule has 1 aromatic heterocycles. The van der Waals surface area contributed by atoms with Crippen LogP contribution in [0.1, 0.15) is 12.5 Å². The average Bonchev–Trinajstić information content (AvgIpc) is 2.86. The molecule has 2 rings (SSSR count). The van der Waals surface area contributed by atoms with Gasteiger partial charge in [-0.3, -0.25) is 9.89 Å². The van der Waals surface area contributed by atoms with Gasteiger partial charge in [0.05, 0.1) is 11.9 Å². The highest BCUT2D eigenvalue weighted by Crippen LogP contribution is 2.22. The summed E-state index contributed by atoms with van der Waals surface area (Å²) >= 11 is 5.85. The molecule has 96 valence electrons. The number of carbonyl (C=O) groups is 1. The molecule has 0 spiro atoms. The van der Waals surface area contributed by atoms with Crippen LogP contribution in [0.3, 0.4) is 0 Å². The predicted molar refractivity (Wildman–Crippen MR) is 74.3 cm³/mol. The number of H-pyrrole nitrogens is 1. The first-order valence-corrected chi connectivity index (χ1v) is 6.07. The van der Waals surface area contributed by atoms with Gasteiger partial charge >= 0.3 is 0 Å². The first kappa shape index (κ1) is 13.2. The van der Waals surface area contributed by atoms with E-state index in [1.54, 1.807) is 13.1 Å². The van der Waals surface area contributed by atoms with Crippen LogP contribution in [0.4, 0.5) is 0 Å². The van der Waals surface area contributed by atoms with E-state index in [0.29, 0.717) is 11.6 Å². The highest BCUT2D eigenvalue weighted by atomic mass is 35.5. The SMILES string of the molecule is CC#CC(=O)NCc1cn[nH]c1-c1ccc(Cl)cc1. The van der Waals surface area contributed by atoms with Crippen molar-refractivity contribution in [1.82, 2.24) is 15.5 Å². The molecule has 1 aromatic carbocycles. The van der Waals surface area contributed by atoms with E-state index in [-0.39, 0.29) is 5.91 Å². The van der Waals surface area contributed by atoms with Crippen LogP contribution in [-0.4, -0.2) is 16.1 Å². The van der Waals surface area contributed by atoms with E-state index >= 15 is 0 Å². The van der Waals surface area contributed by atoms with Gasteiger partial charge in [0.25, 0.3) is 5.91 Å². The van der Waals surface area contributed by atoms with Gasteiger partial charge in [0.2, 0.25) is 0 Å². The molecule has 0 unspecified atom stereocenters. The lowest BCUT2D eigenvalue weighted by Gasteiger charge is -2.03. The Balaban J connectivity index is 2.15. The zero-order chi connectivity index (χ0) is 13.7. The Morgan fingerprint density at radius 2 is 2.16 bits per heavy atom. The molecule has 0 aliphatic carbocycles. The molecule has 0 aliphatic rings. The van der Waals surface area contributed by atoms with Gasteiger partial charge in [-0.2, -0.15) is 5.10 Å². The molecule has 2 aromatic rings. The second-order valence-electron chi connectivity index (χ2n) is 3.83. The van der Waals surface area contributed by atoms with Crippen molar-refractivity contribution in [3.63, 3.8) is 0 Å². The Morgan fingerprint density at radius 1 is 1.42 bits per heavy atom. The molecule has 1 amide bonds. The van der Waals surface area contributed by atoms with Crippen molar-refractivity contribution in [2.45, 2.75) is 13.5 Å². The molecule has 1 heterocycles. The predicted octanol–water partition coefficient (Wildman–Crippen LogP) is 2.37. The third-order valence-corrected chi connectivity index (χ3v) is 2.78. The maximum Gasteiger partial charge on any atom is 0.296 e. The summed E-state index contributed by atoms with van der Waals surface area (Å²) in [6.07, 6.45) is 1.68. The van der Waals surface area contributed by atoms with Crippen molar-refractivity contribution in [3.05, 3.63) is 41.0 Å². The third kappa shape index (κ3) is 3.36. The Labute approximate surface area is 116 Å². The molecule has 0 saturated heterocycles. The smallest absolute Gasteiger partial charge is 0.296 e. The molecule has 0 fully saturated rings. The maximum atomic E-state index is 11.3. The highest BCUT2D eigenvalue weighted by Gasteiger charge is 2.08. The van der Waals surface area contributed by atoms with Crippen LogP contribution < -0.4 is 5.32 Å². The van der Waals surface area contributed by atoms with Crippen LogP contribution in [-0.2, 0) is 11.3 Å². The molecule has 0 saturated carbocycles. The molecule has 4 nitrogen and oxygen atoms in total. The number of rotatable bonds is 3. The summed E-state index contributed by atoms with van der Waals surface area (Å²) in [5, 5.41) is 10.3. The van der Waals surface area contributed by atoms with Gasteiger partial charge < -0.3 is 5.32 Å². The molecule has 19 heavy (non-hydrogen) atoms. The number of hydrogen-bond acceptors (Lipinski definition) is 2. The summed E-state index contributed by atoms with van der Waals surface area (Å²) in [5.41, 5.74) is 2.72. The van der Waals surface area contributed by atoms with E-state index in [1.807, 2.05) is 24.3 Å². The monoisotopic (exact) mass is 273 g/mol. The molecular formula is C14H12ClN3O. The lowest BCUT2D eigenvalue weighted by atomic mass is 10.1. The summed E-state index contributed by atoms with van der Waals surface area (Å²) in [4.78, 5) is 11.3. The van der Waals surface area contributed by atoms with Crippen molar-refractivity contribution in [2.75, 3.05) is 0 Å². The largest absolute Gasteiger partial charge is 0.341 e. The third-order valence-electron chi connectivity index (χ3n) is 2.53. The Morgan fingerprint density at radius 3 is 2.84 bits per heavy atom. The summed E-state index contributed by atoms with van der Waals surface area (Å²) in [5.74, 6) is 4.68. The second kappa shape index (κ2) is 6.07. The average molecular weight is 274 g/mol. The zero-order valence-corrected chi connectivity index (χ0v) is 11.1. The number of aromatic nitrogens is 2. The minimum Gasteiger partial charge on any atom is -0.341 e. The number of halogens is 1. The topological polar surface area (TPSA) is 57.8 Å². The molecule has 0 atom stereocenters. The van der Waals surface area contributed by atoms with Crippen LogP contribution in [0, 0.1) is 11.8 Å². The fourth-order valence-corrected chi connectivity index (χ4v) is 1.77. The summed E-state index contributed by atoms with van der Waals surface area (Å²) in [6.45, 7) is 2.00. The first-order chi connectivity index (χ1) is 9.20. The highest BCUT2D eigenvalue weighted by molar-refractivity contribution is 6.30. The normalized spacial score (nSPS) is 9.58. The van der Waals surface area contributed by atoms with E-state index in [9.17, 15) is 4.79 Å². The van der Waals surface area contributed by atoms with Crippen molar-refractivity contribution in [1.29, 1.82) is 0 Å². The lowest BCUT2D eigenvalue weighted by Crippen LogP contribution is -2.20. The van der Waals surface area contributed by atoms with Gasteiger partial charge in [0.15, 0.2) is 0 Å². The fourth-order valence-electron chi connectivity index (χ4n) is 1.64. The number of amides is 1. The quantitative estimate of drug-likeness (QED) is 0.844. The Kier molecular flexibility index (Phi) is 4.22. The van der Waals surface area contributed by atoms with E-state index in [4.69, 9.17) is 11.6 Å². The van der Waals surface area contributed by atoms with Crippen LogP contribution in [0.5, 0.6) is 0 Å².